The summed E-state index contributed by atoms with van der Waals surface area (Å²) in [7, 11) is 1.60. The Morgan fingerprint density at radius 1 is 1.37 bits per heavy atom. The van der Waals surface area contributed by atoms with E-state index in [9.17, 15) is 14.4 Å². The van der Waals surface area contributed by atoms with Crippen LogP contribution in [0.25, 0.3) is 0 Å². The minimum atomic E-state index is -0.550. The normalized spacial score (nSPS) is 10.1. The molecule has 19 heavy (non-hydrogen) atoms. The maximum atomic E-state index is 11.8. The largest absolute Gasteiger partial charge is 0.462 e. The molecule has 1 aromatic rings. The quantitative estimate of drug-likeness (QED) is 0.630. The second-order valence-corrected chi connectivity index (χ2v) is 4.08. The molecular weight excluding hydrogens is 250 g/mol. The number of anilines is 1. The maximum absolute atomic E-state index is 11.8. The summed E-state index contributed by atoms with van der Waals surface area (Å²) in [5, 5.41) is 6.57. The van der Waals surface area contributed by atoms with Crippen molar-refractivity contribution < 1.29 is 19.1 Å². The lowest BCUT2D eigenvalue weighted by Crippen LogP contribution is -2.19. The van der Waals surface area contributed by atoms with E-state index in [0.29, 0.717) is 5.69 Å². The van der Waals surface area contributed by atoms with Crippen molar-refractivity contribution in [3.8, 4) is 0 Å². The van der Waals surface area contributed by atoms with Crippen LogP contribution >= 0.6 is 0 Å². The third-order valence-electron chi connectivity index (χ3n) is 2.37. The number of nitrogens with one attached hydrogen (secondary N) is 1. The Morgan fingerprint density at radius 2 is 2.00 bits per heavy atom. The van der Waals surface area contributed by atoms with Gasteiger partial charge in [0.15, 0.2) is 0 Å². The van der Waals surface area contributed by atoms with Crippen LogP contribution < -0.4 is 5.32 Å². The van der Waals surface area contributed by atoms with Gasteiger partial charge in [0.25, 0.3) is 0 Å². The molecule has 7 heteroatoms. The van der Waals surface area contributed by atoms with Crippen molar-refractivity contribution in [2.45, 2.75) is 27.2 Å². The summed E-state index contributed by atoms with van der Waals surface area (Å²) in [6.45, 7) is 4.89. The van der Waals surface area contributed by atoms with E-state index < -0.39 is 11.9 Å². The SMILES string of the molecule is CCOC(=O)c1c(C)nn(C)c1NC(=O)CC(C)=O. The smallest absolute Gasteiger partial charge is 0.343 e. The van der Waals surface area contributed by atoms with Crippen LogP contribution in [0.1, 0.15) is 36.3 Å². The van der Waals surface area contributed by atoms with Crippen LogP contribution in [0.5, 0.6) is 0 Å². The molecule has 7 nitrogen and oxygen atoms in total. The average Bonchev–Trinajstić information content (AvgIpc) is 2.52. The number of ketones is 1. The van der Waals surface area contributed by atoms with E-state index in [1.54, 1.807) is 20.9 Å². The highest BCUT2D eigenvalue weighted by Crippen LogP contribution is 2.20. The van der Waals surface area contributed by atoms with Gasteiger partial charge >= 0.3 is 5.97 Å². The van der Waals surface area contributed by atoms with Crippen molar-refractivity contribution in [1.82, 2.24) is 9.78 Å². The van der Waals surface area contributed by atoms with Gasteiger partial charge in [-0.1, -0.05) is 0 Å². The Hall–Kier alpha value is -2.18. The van der Waals surface area contributed by atoms with Crippen molar-refractivity contribution in [2.75, 3.05) is 11.9 Å². The van der Waals surface area contributed by atoms with Gasteiger partial charge in [0.05, 0.1) is 18.7 Å². The van der Waals surface area contributed by atoms with Crippen LogP contribution in [0, 0.1) is 6.92 Å². The molecule has 104 valence electrons. The van der Waals surface area contributed by atoms with E-state index in [4.69, 9.17) is 4.74 Å². The number of carbonyl (C=O) groups excluding carboxylic acids is 3. The fourth-order valence-electron chi connectivity index (χ4n) is 1.65. The first-order valence-electron chi connectivity index (χ1n) is 5.86. The number of ether oxygens (including phenoxy) is 1. The molecule has 0 aliphatic rings. The van der Waals surface area contributed by atoms with Gasteiger partial charge < -0.3 is 10.1 Å². The lowest BCUT2D eigenvalue weighted by Gasteiger charge is -2.07. The first-order chi connectivity index (χ1) is 8.86. The lowest BCUT2D eigenvalue weighted by atomic mass is 10.2. The van der Waals surface area contributed by atoms with Crippen molar-refractivity contribution in [3.05, 3.63) is 11.3 Å². The highest BCUT2D eigenvalue weighted by atomic mass is 16.5. The Kier molecular flexibility index (Phi) is 4.80. The van der Waals surface area contributed by atoms with Crippen LogP contribution in [0.2, 0.25) is 0 Å². The number of aromatic nitrogens is 2. The number of nitrogens with zero attached hydrogens (tertiary/aromatic N) is 2. The first-order valence-corrected chi connectivity index (χ1v) is 5.86. The van der Waals surface area contributed by atoms with E-state index in [0.717, 1.165) is 0 Å². The van der Waals surface area contributed by atoms with Crippen molar-refractivity contribution >= 4 is 23.5 Å². The third-order valence-corrected chi connectivity index (χ3v) is 2.37. The molecule has 0 fully saturated rings. The van der Waals surface area contributed by atoms with Crippen LogP contribution in [0.3, 0.4) is 0 Å². The van der Waals surface area contributed by atoms with Crippen LogP contribution in [-0.4, -0.2) is 34.0 Å². The minimum Gasteiger partial charge on any atom is -0.462 e. The molecule has 0 aliphatic heterocycles. The topological polar surface area (TPSA) is 90.3 Å². The molecule has 1 aromatic heterocycles. The third kappa shape index (κ3) is 3.64. The summed E-state index contributed by atoms with van der Waals surface area (Å²) >= 11 is 0. The standard InChI is InChI=1S/C12H17N3O4/c1-5-19-12(18)10-8(3)14-15(4)11(10)13-9(17)6-7(2)16/h5-6H2,1-4H3,(H,13,17). The zero-order valence-corrected chi connectivity index (χ0v) is 11.4. The lowest BCUT2D eigenvalue weighted by molar-refractivity contribution is -0.124. The maximum Gasteiger partial charge on any atom is 0.343 e. The number of Topliss-reactive ketones (excluding diaryl/α,β-unsaturated/α-hetero) is 1. The summed E-state index contributed by atoms with van der Waals surface area (Å²) in [6.07, 6.45) is -0.244. The zero-order chi connectivity index (χ0) is 14.6. The van der Waals surface area contributed by atoms with Gasteiger partial charge in [-0.3, -0.25) is 14.3 Å². The summed E-state index contributed by atoms with van der Waals surface area (Å²) in [5.41, 5.74) is 0.667. The number of carbonyl (C=O) groups is 3. The van der Waals surface area contributed by atoms with Gasteiger partial charge in [0.2, 0.25) is 5.91 Å². The molecule has 0 aromatic carbocycles. The van der Waals surface area contributed by atoms with Gasteiger partial charge in [0, 0.05) is 7.05 Å². The molecule has 0 saturated carbocycles. The van der Waals surface area contributed by atoms with Gasteiger partial charge in [-0.25, -0.2) is 4.79 Å². The van der Waals surface area contributed by atoms with E-state index in [2.05, 4.69) is 10.4 Å². The number of amides is 1. The van der Waals surface area contributed by atoms with E-state index in [1.165, 1.54) is 11.6 Å². The molecule has 0 unspecified atom stereocenters. The van der Waals surface area contributed by atoms with Gasteiger partial charge in [-0.15, -0.1) is 0 Å². The van der Waals surface area contributed by atoms with Crippen LogP contribution in [-0.2, 0) is 21.4 Å². The van der Waals surface area contributed by atoms with Crippen molar-refractivity contribution in [2.24, 2.45) is 7.05 Å². The summed E-state index contributed by atoms with van der Waals surface area (Å²) in [5.74, 6) is -1.05. The summed E-state index contributed by atoms with van der Waals surface area (Å²) in [6, 6.07) is 0. The zero-order valence-electron chi connectivity index (χ0n) is 11.4. The number of esters is 1. The fraction of sp³-hybridized carbons (Fsp3) is 0.500. The molecule has 0 bridgehead atoms. The molecule has 0 atom stereocenters. The second kappa shape index (κ2) is 6.12. The molecule has 1 N–H and O–H groups in total. The predicted molar refractivity (Wildman–Crippen MR) is 67.8 cm³/mol. The van der Waals surface area contributed by atoms with Crippen molar-refractivity contribution in [3.63, 3.8) is 0 Å². The first kappa shape index (κ1) is 14.9. The van der Waals surface area contributed by atoms with Gasteiger partial charge in [0.1, 0.15) is 17.2 Å². The van der Waals surface area contributed by atoms with Crippen molar-refractivity contribution in [1.29, 1.82) is 0 Å². The Morgan fingerprint density at radius 3 is 2.53 bits per heavy atom. The number of rotatable bonds is 5. The summed E-state index contributed by atoms with van der Waals surface area (Å²) < 4.78 is 6.29. The van der Waals surface area contributed by atoms with Gasteiger partial charge in [-0.05, 0) is 20.8 Å². The molecule has 0 aliphatic carbocycles. The summed E-state index contributed by atoms with van der Waals surface area (Å²) in [4.78, 5) is 34.3. The highest BCUT2D eigenvalue weighted by Gasteiger charge is 2.23. The highest BCUT2D eigenvalue weighted by molar-refractivity contribution is 6.06. The fourth-order valence-corrected chi connectivity index (χ4v) is 1.65. The van der Waals surface area contributed by atoms with E-state index in [1.807, 2.05) is 0 Å². The molecule has 0 radical (unpaired) electrons. The predicted octanol–water partition coefficient (Wildman–Crippen LogP) is 0.823. The Balaban J connectivity index is 3.03. The van der Waals surface area contributed by atoms with Gasteiger partial charge in [-0.2, -0.15) is 5.10 Å². The molecular formula is C12H17N3O4. The molecule has 0 saturated heterocycles. The molecule has 1 rings (SSSR count). The van der Waals surface area contributed by atoms with Crippen LogP contribution in [0.4, 0.5) is 5.82 Å². The second-order valence-electron chi connectivity index (χ2n) is 4.08. The molecule has 1 amide bonds. The van der Waals surface area contributed by atoms with Crippen LogP contribution in [0.15, 0.2) is 0 Å². The Bertz CT molecular complexity index is 519. The minimum absolute atomic E-state index is 0.209. The Labute approximate surface area is 110 Å². The van der Waals surface area contributed by atoms with E-state index >= 15 is 0 Å². The monoisotopic (exact) mass is 267 g/mol. The number of aryl methyl sites for hydroxylation is 2. The number of hydrogen-bond acceptors (Lipinski definition) is 5. The average molecular weight is 267 g/mol. The van der Waals surface area contributed by atoms with E-state index in [-0.39, 0.29) is 30.2 Å². The number of hydrogen-bond donors (Lipinski definition) is 1. The molecule has 0 spiro atoms. The molecule has 1 heterocycles.